The molecule has 1 aliphatic rings. The highest BCUT2D eigenvalue weighted by atomic mass is 35.5. The Balaban J connectivity index is 2.16. The fraction of sp³-hybridized carbons (Fsp3) is 0.625. The zero-order valence-corrected chi connectivity index (χ0v) is 9.71. The van der Waals surface area contributed by atoms with Crippen LogP contribution in [0.1, 0.15) is 5.82 Å². The van der Waals surface area contributed by atoms with Gasteiger partial charge in [-0.25, -0.2) is 13.4 Å². The summed E-state index contributed by atoms with van der Waals surface area (Å²) >= 11 is 5.46. The number of aromatic nitrogens is 2. The Bertz CT molecular complexity index is 442. The van der Waals surface area contributed by atoms with E-state index < -0.39 is 10.0 Å². The van der Waals surface area contributed by atoms with Gasteiger partial charge in [0.1, 0.15) is 5.82 Å². The van der Waals surface area contributed by atoms with Crippen molar-refractivity contribution in [3.63, 3.8) is 0 Å². The van der Waals surface area contributed by atoms with Crippen LogP contribution >= 0.6 is 11.6 Å². The maximum absolute atomic E-state index is 11.7. The second-order valence-corrected chi connectivity index (χ2v) is 5.84. The first-order valence-electron chi connectivity index (χ1n) is 4.67. The number of alkyl halides is 1. The van der Waals surface area contributed by atoms with Crippen molar-refractivity contribution in [2.75, 3.05) is 18.2 Å². The molecule has 15 heavy (non-hydrogen) atoms. The lowest BCUT2D eigenvalue weighted by Crippen LogP contribution is -2.39. The Morgan fingerprint density at radius 1 is 1.47 bits per heavy atom. The number of halogens is 1. The molecule has 0 unspecified atom stereocenters. The van der Waals surface area contributed by atoms with E-state index in [1.54, 1.807) is 6.20 Å². The Hall–Kier alpha value is -0.590. The lowest BCUT2D eigenvalue weighted by atomic mass is 10.4. The summed E-state index contributed by atoms with van der Waals surface area (Å²) in [5.41, 5.74) is 0. The molecule has 0 amide bonds. The van der Waals surface area contributed by atoms with E-state index >= 15 is 0 Å². The third-order valence-corrected chi connectivity index (χ3v) is 4.67. The van der Waals surface area contributed by atoms with Gasteiger partial charge < -0.3 is 4.57 Å². The predicted octanol–water partition coefficient (Wildman–Crippen LogP) is 0.267. The molecule has 84 valence electrons. The van der Waals surface area contributed by atoms with Crippen LogP contribution in [0.25, 0.3) is 0 Å². The number of fused-ring (bicyclic) bond motifs is 1. The molecule has 0 saturated heterocycles. The molecular formula is C8H12ClN3O2S. The molecule has 0 aliphatic carbocycles. The molecule has 0 saturated carbocycles. The minimum Gasteiger partial charge on any atom is -0.333 e. The third-order valence-electron chi connectivity index (χ3n) is 2.44. The van der Waals surface area contributed by atoms with E-state index in [0.717, 1.165) is 5.82 Å². The molecule has 0 radical (unpaired) electrons. The highest BCUT2D eigenvalue weighted by molar-refractivity contribution is 7.89. The van der Waals surface area contributed by atoms with Crippen LogP contribution in [0.2, 0.25) is 0 Å². The van der Waals surface area contributed by atoms with Gasteiger partial charge in [-0.2, -0.15) is 4.31 Å². The van der Waals surface area contributed by atoms with E-state index in [-0.39, 0.29) is 11.6 Å². The van der Waals surface area contributed by atoms with Crippen molar-refractivity contribution in [1.82, 2.24) is 13.9 Å². The largest absolute Gasteiger partial charge is 0.333 e. The van der Waals surface area contributed by atoms with Gasteiger partial charge in [-0.05, 0) is 0 Å². The quantitative estimate of drug-likeness (QED) is 0.723. The fourth-order valence-corrected chi connectivity index (χ4v) is 3.33. The monoisotopic (exact) mass is 249 g/mol. The molecular weight excluding hydrogens is 238 g/mol. The van der Waals surface area contributed by atoms with Gasteiger partial charge in [0.25, 0.3) is 0 Å². The minimum atomic E-state index is -3.21. The van der Waals surface area contributed by atoms with Gasteiger partial charge in [-0.1, -0.05) is 0 Å². The summed E-state index contributed by atoms with van der Waals surface area (Å²) in [5.74, 6) is 0.919. The number of sulfonamides is 1. The third kappa shape index (κ3) is 2.16. The Labute approximate surface area is 93.7 Å². The SMILES string of the molecule is O=S(=O)(CCCl)N1CCn2ccnc2C1. The van der Waals surface area contributed by atoms with E-state index in [2.05, 4.69) is 4.98 Å². The Kier molecular flexibility index (Phi) is 2.99. The lowest BCUT2D eigenvalue weighted by molar-refractivity contribution is 0.336. The standard InChI is InChI=1S/C8H12ClN3O2S/c9-1-6-15(13,14)12-5-4-11-3-2-10-8(11)7-12/h2-3H,1,4-7H2. The van der Waals surface area contributed by atoms with Crippen LogP contribution in [0, 0.1) is 0 Å². The summed E-state index contributed by atoms with van der Waals surface area (Å²) in [7, 11) is -3.21. The molecule has 1 aromatic rings. The second kappa shape index (κ2) is 4.11. The summed E-state index contributed by atoms with van der Waals surface area (Å²) in [4.78, 5) is 4.10. The van der Waals surface area contributed by atoms with Gasteiger partial charge in [0, 0.05) is 31.4 Å². The molecule has 0 atom stereocenters. The first-order valence-corrected chi connectivity index (χ1v) is 6.81. The molecule has 2 rings (SSSR count). The molecule has 0 bridgehead atoms. The van der Waals surface area contributed by atoms with Gasteiger partial charge in [0.2, 0.25) is 10.0 Å². The van der Waals surface area contributed by atoms with Crippen LogP contribution in [-0.4, -0.2) is 40.5 Å². The Morgan fingerprint density at radius 2 is 2.27 bits per heavy atom. The summed E-state index contributed by atoms with van der Waals surface area (Å²) < 4.78 is 26.9. The summed E-state index contributed by atoms with van der Waals surface area (Å²) in [5, 5.41) is 0. The van der Waals surface area contributed by atoms with E-state index in [9.17, 15) is 8.42 Å². The number of imidazole rings is 1. The first kappa shape index (κ1) is 10.9. The summed E-state index contributed by atoms with van der Waals surface area (Å²) in [6.07, 6.45) is 3.55. The van der Waals surface area contributed by atoms with Crippen LogP contribution in [0.15, 0.2) is 12.4 Å². The highest BCUT2D eigenvalue weighted by Crippen LogP contribution is 2.14. The average Bonchev–Trinajstić information content (AvgIpc) is 2.63. The first-order chi connectivity index (χ1) is 7.13. The zero-order chi connectivity index (χ0) is 10.9. The van der Waals surface area contributed by atoms with Gasteiger partial charge in [-0.15, -0.1) is 11.6 Å². The van der Waals surface area contributed by atoms with Crippen LogP contribution in [-0.2, 0) is 23.1 Å². The van der Waals surface area contributed by atoms with E-state index in [4.69, 9.17) is 11.6 Å². The molecule has 0 spiro atoms. The number of hydrogen-bond donors (Lipinski definition) is 0. The predicted molar refractivity (Wildman–Crippen MR) is 57.1 cm³/mol. The molecule has 1 aliphatic heterocycles. The van der Waals surface area contributed by atoms with Crippen molar-refractivity contribution in [1.29, 1.82) is 0 Å². The van der Waals surface area contributed by atoms with Gasteiger partial charge in [0.05, 0.1) is 12.3 Å². The van der Waals surface area contributed by atoms with Crippen molar-refractivity contribution >= 4 is 21.6 Å². The van der Waals surface area contributed by atoms with Gasteiger partial charge in [-0.3, -0.25) is 0 Å². The average molecular weight is 250 g/mol. The van der Waals surface area contributed by atoms with E-state index in [0.29, 0.717) is 19.6 Å². The maximum atomic E-state index is 11.7. The topological polar surface area (TPSA) is 55.2 Å². The lowest BCUT2D eigenvalue weighted by Gasteiger charge is -2.26. The zero-order valence-electron chi connectivity index (χ0n) is 8.13. The normalized spacial score (nSPS) is 17.7. The maximum Gasteiger partial charge on any atom is 0.215 e. The van der Waals surface area contributed by atoms with Crippen LogP contribution in [0.4, 0.5) is 0 Å². The molecule has 2 heterocycles. The summed E-state index contributed by atoms with van der Waals surface area (Å²) in [6, 6.07) is 0. The van der Waals surface area contributed by atoms with Crippen LogP contribution in [0.3, 0.4) is 0 Å². The molecule has 0 fully saturated rings. The number of rotatable bonds is 3. The van der Waals surface area contributed by atoms with Crippen molar-refractivity contribution in [2.24, 2.45) is 0 Å². The Morgan fingerprint density at radius 3 is 3.00 bits per heavy atom. The molecule has 1 aromatic heterocycles. The fourth-order valence-electron chi connectivity index (χ4n) is 1.62. The number of hydrogen-bond acceptors (Lipinski definition) is 3. The highest BCUT2D eigenvalue weighted by Gasteiger charge is 2.26. The second-order valence-electron chi connectivity index (χ2n) is 3.38. The van der Waals surface area contributed by atoms with Gasteiger partial charge >= 0.3 is 0 Å². The molecule has 7 heteroatoms. The van der Waals surface area contributed by atoms with Crippen LogP contribution in [0.5, 0.6) is 0 Å². The van der Waals surface area contributed by atoms with Crippen molar-refractivity contribution < 1.29 is 8.42 Å². The van der Waals surface area contributed by atoms with Crippen molar-refractivity contribution in [3.8, 4) is 0 Å². The van der Waals surface area contributed by atoms with Crippen LogP contribution < -0.4 is 0 Å². The van der Waals surface area contributed by atoms with E-state index in [1.807, 2.05) is 10.8 Å². The minimum absolute atomic E-state index is 0.00470. The van der Waals surface area contributed by atoms with E-state index in [1.165, 1.54) is 4.31 Å². The number of nitrogens with zero attached hydrogens (tertiary/aromatic N) is 3. The van der Waals surface area contributed by atoms with Gasteiger partial charge in [0.15, 0.2) is 0 Å². The summed E-state index contributed by atoms with van der Waals surface area (Å²) in [6.45, 7) is 1.52. The smallest absolute Gasteiger partial charge is 0.215 e. The molecule has 0 aromatic carbocycles. The molecule has 5 nitrogen and oxygen atoms in total. The van der Waals surface area contributed by atoms with Crippen molar-refractivity contribution in [2.45, 2.75) is 13.1 Å². The van der Waals surface area contributed by atoms with Crippen molar-refractivity contribution in [3.05, 3.63) is 18.2 Å². The molecule has 0 N–H and O–H groups in total.